The van der Waals surface area contributed by atoms with Gasteiger partial charge in [-0.05, 0) is 12.1 Å². The molecule has 0 amide bonds. The van der Waals surface area contributed by atoms with Crippen LogP contribution in [-0.4, -0.2) is 19.7 Å². The molecular weight excluding hydrogens is 470 g/mol. The summed E-state index contributed by atoms with van der Waals surface area (Å²) in [6.45, 7) is 0. The predicted octanol–water partition coefficient (Wildman–Crippen LogP) is 5.18. The number of nitro benzene ring substituents is 4. The third kappa shape index (κ3) is 4.79. The van der Waals surface area contributed by atoms with Crippen molar-refractivity contribution >= 4 is 22.7 Å². The summed E-state index contributed by atoms with van der Waals surface area (Å²) in [6, 6.07) is 6.34. The third-order valence-electron chi connectivity index (χ3n) is 4.10. The van der Waals surface area contributed by atoms with Gasteiger partial charge in [0.05, 0.1) is 19.7 Å². The monoisotopic (exact) mass is 478 g/mol. The van der Waals surface area contributed by atoms with E-state index in [0.29, 0.717) is 24.3 Å². The van der Waals surface area contributed by atoms with Gasteiger partial charge in [-0.2, -0.15) is 8.78 Å². The highest BCUT2D eigenvalue weighted by Gasteiger charge is 2.28. The topological polar surface area (TPSA) is 191 Å². The normalized spacial score (nSPS) is 10.4. The van der Waals surface area contributed by atoms with Crippen LogP contribution < -0.4 is 9.47 Å². The Morgan fingerprint density at radius 3 is 1.24 bits per heavy atom. The largest absolute Gasteiger partial charge is 0.450 e. The van der Waals surface area contributed by atoms with Crippen molar-refractivity contribution in [3.8, 4) is 23.0 Å². The first-order valence-electron chi connectivity index (χ1n) is 8.68. The molecule has 34 heavy (non-hydrogen) atoms. The summed E-state index contributed by atoms with van der Waals surface area (Å²) < 4.78 is 38.4. The first-order chi connectivity index (χ1) is 16.0. The summed E-state index contributed by atoms with van der Waals surface area (Å²) in [6.07, 6.45) is 0. The maximum atomic E-state index is 13.9. The van der Waals surface area contributed by atoms with Crippen molar-refractivity contribution in [2.24, 2.45) is 0 Å². The highest BCUT2D eigenvalue weighted by Crippen LogP contribution is 2.39. The first kappa shape index (κ1) is 23.4. The van der Waals surface area contributed by atoms with E-state index in [9.17, 15) is 49.2 Å². The number of hydrogen-bond acceptors (Lipinski definition) is 10. The smallest absolute Gasteiger partial charge is 0.318 e. The fourth-order valence-corrected chi connectivity index (χ4v) is 2.65. The molecule has 3 aromatic rings. The van der Waals surface area contributed by atoms with Gasteiger partial charge in [0.1, 0.15) is 23.6 Å². The lowest BCUT2D eigenvalue weighted by atomic mass is 10.2. The maximum Gasteiger partial charge on any atom is 0.318 e. The van der Waals surface area contributed by atoms with E-state index in [1.807, 2.05) is 0 Å². The Morgan fingerprint density at radius 2 is 0.912 bits per heavy atom. The number of nitrogens with zero attached hydrogens (tertiary/aromatic N) is 4. The molecule has 174 valence electrons. The van der Waals surface area contributed by atoms with Gasteiger partial charge in [-0.25, -0.2) is 0 Å². The summed E-state index contributed by atoms with van der Waals surface area (Å²) in [5.74, 6) is -4.65. The third-order valence-corrected chi connectivity index (χ3v) is 4.10. The van der Waals surface area contributed by atoms with E-state index >= 15 is 0 Å². The molecule has 0 radical (unpaired) electrons. The zero-order chi connectivity index (χ0) is 25.2. The van der Waals surface area contributed by atoms with Gasteiger partial charge in [-0.1, -0.05) is 6.07 Å². The van der Waals surface area contributed by atoms with Gasteiger partial charge in [0.2, 0.25) is 23.1 Å². The van der Waals surface area contributed by atoms with Crippen LogP contribution >= 0.6 is 0 Å². The lowest BCUT2D eigenvalue weighted by Crippen LogP contribution is -2.00. The Labute approximate surface area is 185 Å². The van der Waals surface area contributed by atoms with E-state index in [1.165, 1.54) is 18.2 Å². The minimum absolute atomic E-state index is 0.223. The van der Waals surface area contributed by atoms with E-state index in [1.54, 1.807) is 0 Å². The molecule has 0 aliphatic carbocycles. The number of hydrogen-bond donors (Lipinski definition) is 0. The molecule has 0 N–H and O–H groups in total. The second-order valence-electron chi connectivity index (χ2n) is 6.25. The van der Waals surface area contributed by atoms with Crippen LogP contribution in [-0.2, 0) is 0 Å². The molecule has 0 atom stereocenters. The fraction of sp³-hybridized carbons (Fsp3) is 0. The molecule has 0 unspecified atom stereocenters. The molecule has 0 saturated carbocycles. The van der Waals surface area contributed by atoms with Crippen molar-refractivity contribution in [2.75, 3.05) is 0 Å². The Morgan fingerprint density at radius 1 is 0.559 bits per heavy atom. The number of ether oxygens (including phenoxy) is 2. The van der Waals surface area contributed by atoms with Gasteiger partial charge >= 0.3 is 22.7 Å². The van der Waals surface area contributed by atoms with Gasteiger partial charge in [-0.15, -0.1) is 0 Å². The molecule has 0 aliphatic heterocycles. The van der Waals surface area contributed by atoms with Crippen LogP contribution in [0.25, 0.3) is 0 Å². The minimum Gasteiger partial charge on any atom is -0.450 e. The van der Waals surface area contributed by atoms with Gasteiger partial charge in [0, 0.05) is 18.2 Å². The molecule has 3 aromatic carbocycles. The van der Waals surface area contributed by atoms with Crippen LogP contribution in [0, 0.1) is 52.1 Å². The molecule has 0 fully saturated rings. The quantitative estimate of drug-likeness (QED) is 0.308. The van der Waals surface area contributed by atoms with Crippen LogP contribution in [0.1, 0.15) is 0 Å². The Hall–Kier alpha value is -5.28. The molecule has 14 nitrogen and oxygen atoms in total. The number of nitro groups is 4. The van der Waals surface area contributed by atoms with Crippen LogP contribution in [0.5, 0.6) is 23.0 Å². The molecule has 16 heteroatoms. The highest BCUT2D eigenvalue weighted by molar-refractivity contribution is 5.57. The fourth-order valence-electron chi connectivity index (χ4n) is 2.65. The minimum atomic E-state index is -1.41. The van der Waals surface area contributed by atoms with Crippen molar-refractivity contribution in [1.29, 1.82) is 0 Å². The maximum absolute atomic E-state index is 13.9. The van der Waals surface area contributed by atoms with Crippen LogP contribution in [0.4, 0.5) is 31.5 Å². The SMILES string of the molecule is O=[N+]([O-])c1cc([N+](=O)[O-])c(Oc2cccc(Oc3cc(F)c([N+](=O)[O-])cc3[N+](=O)[O-])c2)cc1F. The molecule has 0 spiro atoms. The van der Waals surface area contributed by atoms with Crippen molar-refractivity contribution < 1.29 is 37.9 Å². The molecule has 0 aliphatic rings. The first-order valence-corrected chi connectivity index (χ1v) is 8.68. The molecule has 0 heterocycles. The Kier molecular flexibility index (Phi) is 6.24. The van der Waals surface area contributed by atoms with Crippen molar-refractivity contribution in [2.45, 2.75) is 0 Å². The average molecular weight is 478 g/mol. The van der Waals surface area contributed by atoms with Gasteiger partial charge in [0.25, 0.3) is 0 Å². The molecule has 0 saturated heterocycles. The molecule has 0 bridgehead atoms. The lowest BCUT2D eigenvalue weighted by Gasteiger charge is -2.10. The Bertz CT molecular complexity index is 1270. The molecule has 0 aromatic heterocycles. The zero-order valence-electron chi connectivity index (χ0n) is 16.2. The van der Waals surface area contributed by atoms with Crippen molar-refractivity contribution in [3.63, 3.8) is 0 Å². The van der Waals surface area contributed by atoms with E-state index in [0.717, 1.165) is 6.07 Å². The number of halogens is 2. The van der Waals surface area contributed by atoms with Crippen LogP contribution in [0.2, 0.25) is 0 Å². The van der Waals surface area contributed by atoms with E-state index in [4.69, 9.17) is 9.47 Å². The van der Waals surface area contributed by atoms with Gasteiger partial charge in [0.15, 0.2) is 0 Å². The van der Waals surface area contributed by atoms with Gasteiger partial charge in [-0.3, -0.25) is 40.5 Å². The summed E-state index contributed by atoms with van der Waals surface area (Å²) in [4.78, 5) is 39.7. The van der Waals surface area contributed by atoms with E-state index < -0.39 is 65.6 Å². The predicted molar refractivity (Wildman–Crippen MR) is 106 cm³/mol. The number of rotatable bonds is 8. The average Bonchev–Trinajstić information content (AvgIpc) is 2.73. The summed E-state index contributed by atoms with van der Waals surface area (Å²) in [7, 11) is 0. The van der Waals surface area contributed by atoms with Crippen LogP contribution in [0.3, 0.4) is 0 Å². The van der Waals surface area contributed by atoms with Crippen molar-refractivity contribution in [3.05, 3.63) is 101 Å². The second-order valence-corrected chi connectivity index (χ2v) is 6.25. The second kappa shape index (κ2) is 9.07. The summed E-state index contributed by atoms with van der Waals surface area (Å²) in [5.41, 5.74) is -4.15. The van der Waals surface area contributed by atoms with Crippen LogP contribution in [0.15, 0.2) is 48.5 Å². The highest BCUT2D eigenvalue weighted by atomic mass is 19.1. The lowest BCUT2D eigenvalue weighted by molar-refractivity contribution is -0.396. The Balaban J connectivity index is 1.97. The summed E-state index contributed by atoms with van der Waals surface area (Å²) >= 11 is 0. The molecular formula is C18H8F2N4O10. The van der Waals surface area contributed by atoms with Gasteiger partial charge < -0.3 is 9.47 Å². The van der Waals surface area contributed by atoms with Crippen molar-refractivity contribution in [1.82, 2.24) is 0 Å². The van der Waals surface area contributed by atoms with E-state index in [2.05, 4.69) is 0 Å². The molecule has 3 rings (SSSR count). The summed E-state index contributed by atoms with van der Waals surface area (Å²) in [5, 5.41) is 44.1. The standard InChI is InChI=1S/C18H8F2N4O10/c19-11-5-17(15(23(29)30)7-13(11)21(25)26)33-9-2-1-3-10(4-9)34-18-6-12(20)14(22(27)28)8-16(18)24(31)32/h1-8H. The zero-order valence-corrected chi connectivity index (χ0v) is 16.2. The number of benzene rings is 3. The van der Waals surface area contributed by atoms with E-state index in [-0.39, 0.29) is 11.5 Å².